The summed E-state index contributed by atoms with van der Waals surface area (Å²) >= 11 is 0. The van der Waals surface area contributed by atoms with Gasteiger partial charge in [-0.2, -0.15) is 0 Å². The molecule has 0 saturated carbocycles. The predicted octanol–water partition coefficient (Wildman–Crippen LogP) is 1.37. The molecule has 3 heterocycles. The van der Waals surface area contributed by atoms with Crippen LogP contribution in [0.25, 0.3) is 0 Å². The number of fused-ring (bicyclic) bond motifs is 4. The van der Waals surface area contributed by atoms with Crippen LogP contribution in [0.15, 0.2) is 30.5 Å². The van der Waals surface area contributed by atoms with E-state index in [1.807, 2.05) is 30.5 Å². The van der Waals surface area contributed by atoms with Crippen LogP contribution >= 0.6 is 0 Å². The molecule has 0 amide bonds. The monoisotopic (exact) mass is 183 g/mol. The highest BCUT2D eigenvalue weighted by Crippen LogP contribution is 2.11. The van der Waals surface area contributed by atoms with Gasteiger partial charge in [0.15, 0.2) is 0 Å². The van der Waals surface area contributed by atoms with E-state index in [-0.39, 0.29) is 0 Å². The van der Waals surface area contributed by atoms with Crippen LogP contribution in [0.5, 0.6) is 0 Å². The lowest BCUT2D eigenvalue weighted by Crippen LogP contribution is -2.07. The van der Waals surface area contributed by atoms with Gasteiger partial charge in [-0.15, -0.1) is 0 Å². The number of nitrogens with zero attached hydrogens (tertiary/aromatic N) is 3. The number of aromatic nitrogens is 3. The summed E-state index contributed by atoms with van der Waals surface area (Å²) in [6.45, 7) is 0. The van der Waals surface area contributed by atoms with Crippen molar-refractivity contribution in [3.63, 3.8) is 0 Å². The maximum atomic E-state index is 4.52. The minimum Gasteiger partial charge on any atom is -0.257 e. The molecule has 0 N–H and O–H groups in total. The molecule has 0 radical (unpaired) electrons. The first-order valence-corrected chi connectivity index (χ1v) is 4.66. The molecular formula is C11H9N3. The van der Waals surface area contributed by atoms with Crippen molar-refractivity contribution in [1.29, 1.82) is 0 Å². The second-order valence-electron chi connectivity index (χ2n) is 3.44. The van der Waals surface area contributed by atoms with Gasteiger partial charge in [0, 0.05) is 24.0 Å². The third-order valence-electron chi connectivity index (χ3n) is 2.33. The highest BCUT2D eigenvalue weighted by Gasteiger charge is 2.08. The minimum absolute atomic E-state index is 0.738. The molecule has 0 atom stereocenters. The topological polar surface area (TPSA) is 38.7 Å². The molecule has 0 saturated heterocycles. The van der Waals surface area contributed by atoms with Crippen molar-refractivity contribution in [3.05, 3.63) is 53.4 Å². The van der Waals surface area contributed by atoms with E-state index in [0.29, 0.717) is 0 Å². The largest absolute Gasteiger partial charge is 0.257 e. The van der Waals surface area contributed by atoms with Crippen LogP contribution in [0.3, 0.4) is 0 Å². The fourth-order valence-electron chi connectivity index (χ4n) is 1.70. The summed E-state index contributed by atoms with van der Waals surface area (Å²) < 4.78 is 0. The van der Waals surface area contributed by atoms with Crippen molar-refractivity contribution < 1.29 is 0 Å². The summed E-state index contributed by atoms with van der Waals surface area (Å²) in [5.74, 6) is 0.867. The average molecular weight is 183 g/mol. The summed E-state index contributed by atoms with van der Waals surface area (Å²) in [5, 5.41) is 0. The molecule has 0 spiro atoms. The third-order valence-corrected chi connectivity index (χ3v) is 2.33. The Labute approximate surface area is 81.9 Å². The van der Waals surface area contributed by atoms with E-state index in [9.17, 15) is 0 Å². The Morgan fingerprint density at radius 1 is 0.857 bits per heavy atom. The zero-order valence-electron chi connectivity index (χ0n) is 7.64. The van der Waals surface area contributed by atoms with Crippen LogP contribution in [-0.2, 0) is 12.8 Å². The SMILES string of the molecule is c1cc2nc(c1)Cc1nccc(n1)C2. The summed E-state index contributed by atoms with van der Waals surface area (Å²) in [7, 11) is 0. The summed E-state index contributed by atoms with van der Waals surface area (Å²) in [4.78, 5) is 13.2. The van der Waals surface area contributed by atoms with Crippen molar-refractivity contribution >= 4 is 0 Å². The van der Waals surface area contributed by atoms with Crippen molar-refractivity contribution in [2.75, 3.05) is 0 Å². The smallest absolute Gasteiger partial charge is 0.134 e. The Kier molecular flexibility index (Phi) is 1.56. The zero-order chi connectivity index (χ0) is 9.38. The highest BCUT2D eigenvalue weighted by atomic mass is 14.9. The van der Waals surface area contributed by atoms with Gasteiger partial charge in [-0.25, -0.2) is 9.97 Å². The molecule has 2 aromatic rings. The highest BCUT2D eigenvalue weighted by molar-refractivity contribution is 5.22. The van der Waals surface area contributed by atoms with Gasteiger partial charge in [-0.05, 0) is 18.2 Å². The van der Waals surface area contributed by atoms with Crippen LogP contribution in [0.1, 0.15) is 22.9 Å². The van der Waals surface area contributed by atoms with Crippen LogP contribution < -0.4 is 0 Å². The van der Waals surface area contributed by atoms with E-state index in [4.69, 9.17) is 0 Å². The second kappa shape index (κ2) is 2.87. The Bertz CT molecular complexity index is 399. The van der Waals surface area contributed by atoms with E-state index in [2.05, 4.69) is 15.0 Å². The van der Waals surface area contributed by atoms with Gasteiger partial charge < -0.3 is 0 Å². The second-order valence-corrected chi connectivity index (χ2v) is 3.44. The lowest BCUT2D eigenvalue weighted by atomic mass is 10.1. The minimum atomic E-state index is 0.738. The van der Waals surface area contributed by atoms with Crippen molar-refractivity contribution in [3.8, 4) is 0 Å². The summed E-state index contributed by atoms with van der Waals surface area (Å²) in [6, 6.07) is 8.05. The molecular weight excluding hydrogens is 174 g/mol. The van der Waals surface area contributed by atoms with Crippen LogP contribution in [-0.4, -0.2) is 15.0 Å². The summed E-state index contributed by atoms with van der Waals surface area (Å²) in [5.41, 5.74) is 3.20. The van der Waals surface area contributed by atoms with Gasteiger partial charge in [0.2, 0.25) is 0 Å². The van der Waals surface area contributed by atoms with Crippen LogP contribution in [0, 0.1) is 0 Å². The molecule has 3 heteroatoms. The molecule has 3 rings (SSSR count). The average Bonchev–Trinajstić information content (AvgIpc) is 2.17. The van der Waals surface area contributed by atoms with Gasteiger partial charge >= 0.3 is 0 Å². The molecule has 2 aromatic heterocycles. The first kappa shape index (κ1) is 7.62. The van der Waals surface area contributed by atoms with Crippen LogP contribution in [0.2, 0.25) is 0 Å². The van der Waals surface area contributed by atoms with Crippen molar-refractivity contribution in [2.45, 2.75) is 12.8 Å². The number of rotatable bonds is 0. The Morgan fingerprint density at radius 3 is 2.57 bits per heavy atom. The molecule has 0 aliphatic carbocycles. The predicted molar refractivity (Wildman–Crippen MR) is 51.9 cm³/mol. The Hall–Kier alpha value is -1.77. The molecule has 0 aromatic carbocycles. The standard InChI is InChI=1S/C11H9N3/c1-2-8-6-10-4-5-12-11(14-10)7-9(3-1)13-8/h1-5H,6-7H2. The van der Waals surface area contributed by atoms with Crippen molar-refractivity contribution in [1.82, 2.24) is 15.0 Å². The van der Waals surface area contributed by atoms with E-state index >= 15 is 0 Å². The van der Waals surface area contributed by atoms with Gasteiger partial charge in [0.25, 0.3) is 0 Å². The van der Waals surface area contributed by atoms with Gasteiger partial charge in [0.1, 0.15) is 5.82 Å². The molecule has 1 aliphatic rings. The Balaban J connectivity index is 2.17. The third kappa shape index (κ3) is 1.27. The molecule has 3 nitrogen and oxygen atoms in total. The maximum absolute atomic E-state index is 4.52. The molecule has 4 bridgehead atoms. The normalized spacial score (nSPS) is 13.1. The molecule has 14 heavy (non-hydrogen) atoms. The quantitative estimate of drug-likeness (QED) is 0.528. The number of pyridine rings is 1. The molecule has 1 aliphatic heterocycles. The summed E-state index contributed by atoms with van der Waals surface area (Å²) in [6.07, 6.45) is 3.37. The van der Waals surface area contributed by atoms with E-state index < -0.39 is 0 Å². The molecule has 0 unspecified atom stereocenters. The van der Waals surface area contributed by atoms with E-state index in [1.54, 1.807) is 0 Å². The molecule has 68 valence electrons. The fourth-order valence-corrected chi connectivity index (χ4v) is 1.70. The van der Waals surface area contributed by atoms with E-state index in [0.717, 1.165) is 35.7 Å². The van der Waals surface area contributed by atoms with Gasteiger partial charge in [-0.1, -0.05) is 6.07 Å². The first-order chi connectivity index (χ1) is 6.90. The fraction of sp³-hybridized carbons (Fsp3) is 0.182. The maximum Gasteiger partial charge on any atom is 0.134 e. The zero-order valence-corrected chi connectivity index (χ0v) is 7.64. The van der Waals surface area contributed by atoms with E-state index in [1.165, 1.54) is 0 Å². The van der Waals surface area contributed by atoms with Crippen molar-refractivity contribution in [2.24, 2.45) is 0 Å². The number of hydrogen-bond acceptors (Lipinski definition) is 3. The van der Waals surface area contributed by atoms with Gasteiger partial charge in [-0.3, -0.25) is 4.98 Å². The first-order valence-electron chi connectivity index (χ1n) is 4.66. The lowest BCUT2D eigenvalue weighted by Gasteiger charge is -2.09. The molecule has 0 fully saturated rings. The lowest BCUT2D eigenvalue weighted by molar-refractivity contribution is 0.848. The number of hydrogen-bond donors (Lipinski definition) is 0. The Morgan fingerprint density at radius 2 is 1.64 bits per heavy atom. The van der Waals surface area contributed by atoms with Crippen LogP contribution in [0.4, 0.5) is 0 Å². The van der Waals surface area contributed by atoms with Gasteiger partial charge in [0.05, 0.1) is 12.1 Å².